The molecule has 0 fully saturated rings. The predicted molar refractivity (Wildman–Crippen MR) is 27.8 cm³/mol. The zero-order valence-electron chi connectivity index (χ0n) is 4.37. The van der Waals surface area contributed by atoms with Gasteiger partial charge in [0.05, 0.1) is 0 Å². The van der Waals surface area contributed by atoms with Gasteiger partial charge in [0.2, 0.25) is 0 Å². The third kappa shape index (κ3) is 250. The Labute approximate surface area is 50.4 Å². The van der Waals surface area contributed by atoms with Crippen molar-refractivity contribution in [2.24, 2.45) is 0 Å². The van der Waals surface area contributed by atoms with E-state index in [2.05, 4.69) is 13.8 Å². The van der Waals surface area contributed by atoms with Crippen LogP contribution in [-0.2, 0) is 0 Å². The minimum atomic E-state index is 0. The van der Waals surface area contributed by atoms with Crippen molar-refractivity contribution in [1.82, 2.24) is 0 Å². The third-order valence-corrected chi connectivity index (χ3v) is 0. The summed E-state index contributed by atoms with van der Waals surface area (Å²) in [7, 11) is 0. The molecular weight excluding hydrogens is 94.0 g/mol. The second-order valence-corrected chi connectivity index (χ2v) is 0. The molecule has 0 aliphatic carbocycles. The normalized spacial score (nSPS) is 2.00. The maximum atomic E-state index is 3.25. The van der Waals surface area contributed by atoms with Gasteiger partial charge in [-0.15, -0.1) is 0 Å². The largest absolute Gasteiger partial charge is 3.00 e. The standard InChI is InChI=1S/2C2H5.Al.FH/c2*1-2;;/h2*1H2,2H3;;1H/q2*-1;+3;/p-1. The van der Waals surface area contributed by atoms with E-state index in [-0.39, 0.29) is 22.1 Å². The fraction of sp³-hybridized carbons (Fsp3) is 0.500. The monoisotopic (exact) mass is 104 g/mol. The zero-order chi connectivity index (χ0) is 4.00. The van der Waals surface area contributed by atoms with Crippen LogP contribution in [0.5, 0.6) is 0 Å². The van der Waals surface area contributed by atoms with Crippen LogP contribution in [0.25, 0.3) is 0 Å². The van der Waals surface area contributed by atoms with Gasteiger partial charge in [0.1, 0.15) is 0 Å². The Bertz CT molecular complexity index is 7.51. The van der Waals surface area contributed by atoms with Gasteiger partial charge in [-0.2, -0.15) is 13.8 Å². The van der Waals surface area contributed by atoms with Crippen molar-refractivity contribution >= 4 is 17.4 Å². The van der Waals surface area contributed by atoms with Crippen molar-refractivity contribution in [3.05, 3.63) is 13.8 Å². The van der Waals surface area contributed by atoms with Gasteiger partial charge in [-0.25, -0.2) is 0 Å². The molecular formula is C4H10AlF. The van der Waals surface area contributed by atoms with Crippen LogP contribution in [0.3, 0.4) is 0 Å². The molecule has 36 valence electrons. The van der Waals surface area contributed by atoms with Crippen LogP contribution in [0.1, 0.15) is 13.8 Å². The molecule has 0 aromatic carbocycles. The number of hydrogen-bond donors (Lipinski definition) is 0. The summed E-state index contributed by atoms with van der Waals surface area (Å²) in [5.74, 6) is 0. The van der Waals surface area contributed by atoms with E-state index in [1.165, 1.54) is 0 Å². The molecule has 0 bridgehead atoms. The van der Waals surface area contributed by atoms with Crippen LogP contribution in [-0.4, -0.2) is 17.4 Å². The van der Waals surface area contributed by atoms with Gasteiger partial charge in [0.15, 0.2) is 0 Å². The minimum absolute atomic E-state index is 0. The second-order valence-electron chi connectivity index (χ2n) is 0. The van der Waals surface area contributed by atoms with Crippen molar-refractivity contribution in [3.8, 4) is 0 Å². The van der Waals surface area contributed by atoms with E-state index in [9.17, 15) is 0 Å². The summed E-state index contributed by atoms with van der Waals surface area (Å²) in [6, 6.07) is 0. The van der Waals surface area contributed by atoms with Gasteiger partial charge < -0.3 is 18.6 Å². The van der Waals surface area contributed by atoms with E-state index in [0.29, 0.717) is 0 Å². The minimum Gasteiger partial charge on any atom is -1.00 e. The third-order valence-electron chi connectivity index (χ3n) is 0. The van der Waals surface area contributed by atoms with Gasteiger partial charge in [-0.1, -0.05) is 0 Å². The van der Waals surface area contributed by atoms with E-state index in [4.69, 9.17) is 0 Å². The first kappa shape index (κ1) is 31.8. The van der Waals surface area contributed by atoms with Crippen LogP contribution >= 0.6 is 0 Å². The molecule has 0 radical (unpaired) electrons. The van der Waals surface area contributed by atoms with Gasteiger partial charge >= 0.3 is 17.4 Å². The summed E-state index contributed by atoms with van der Waals surface area (Å²) in [6.07, 6.45) is 0. The second kappa shape index (κ2) is 509. The average molecular weight is 104 g/mol. The molecule has 0 atom stereocenters. The Morgan fingerprint density at radius 1 is 0.833 bits per heavy atom. The fourth-order valence-corrected chi connectivity index (χ4v) is 0. The van der Waals surface area contributed by atoms with Crippen molar-refractivity contribution in [1.29, 1.82) is 0 Å². The van der Waals surface area contributed by atoms with Crippen LogP contribution in [0, 0.1) is 13.8 Å². The van der Waals surface area contributed by atoms with Gasteiger partial charge in [0.25, 0.3) is 0 Å². The average Bonchev–Trinajstić information content (AvgIpc) is 1.50. The van der Waals surface area contributed by atoms with E-state index < -0.39 is 0 Å². The number of rotatable bonds is 0. The van der Waals surface area contributed by atoms with Crippen molar-refractivity contribution in [2.45, 2.75) is 13.8 Å². The predicted octanol–water partition coefficient (Wildman–Crippen LogP) is -1.70. The van der Waals surface area contributed by atoms with Crippen LogP contribution in [0.15, 0.2) is 0 Å². The first-order valence-electron chi connectivity index (χ1n) is 1.41. The Morgan fingerprint density at radius 2 is 0.833 bits per heavy atom. The Hall–Kier alpha value is 0.462. The summed E-state index contributed by atoms with van der Waals surface area (Å²) in [4.78, 5) is 0. The van der Waals surface area contributed by atoms with Gasteiger partial charge in [0, 0.05) is 0 Å². The molecule has 0 saturated carbocycles. The first-order valence-corrected chi connectivity index (χ1v) is 1.41. The molecule has 0 spiro atoms. The molecule has 0 unspecified atom stereocenters. The quantitative estimate of drug-likeness (QED) is 0.254. The maximum Gasteiger partial charge on any atom is 3.00 e. The number of halogens is 1. The molecule has 0 aliphatic rings. The van der Waals surface area contributed by atoms with Gasteiger partial charge in [-0.3, -0.25) is 0 Å². The molecule has 0 heterocycles. The Morgan fingerprint density at radius 3 is 0.833 bits per heavy atom. The summed E-state index contributed by atoms with van der Waals surface area (Å²) < 4.78 is 0. The molecule has 0 N–H and O–H groups in total. The summed E-state index contributed by atoms with van der Waals surface area (Å²) in [6.45, 7) is 10.0. The summed E-state index contributed by atoms with van der Waals surface area (Å²) in [5.41, 5.74) is 0. The van der Waals surface area contributed by atoms with Gasteiger partial charge in [-0.05, 0) is 0 Å². The molecule has 0 saturated heterocycles. The van der Waals surface area contributed by atoms with E-state index >= 15 is 0 Å². The molecule has 0 amide bonds. The molecule has 6 heavy (non-hydrogen) atoms. The van der Waals surface area contributed by atoms with E-state index in [1.807, 2.05) is 0 Å². The Kier molecular flexibility index (Phi) is 2700. The summed E-state index contributed by atoms with van der Waals surface area (Å²) in [5, 5.41) is 0. The topological polar surface area (TPSA) is 0 Å². The van der Waals surface area contributed by atoms with E-state index in [1.54, 1.807) is 13.8 Å². The smallest absolute Gasteiger partial charge is 1.00 e. The van der Waals surface area contributed by atoms with Crippen molar-refractivity contribution < 1.29 is 4.70 Å². The molecule has 0 aromatic rings. The van der Waals surface area contributed by atoms with Crippen molar-refractivity contribution in [3.63, 3.8) is 0 Å². The van der Waals surface area contributed by atoms with Crippen LogP contribution in [0.4, 0.5) is 0 Å². The summed E-state index contributed by atoms with van der Waals surface area (Å²) >= 11 is 0. The van der Waals surface area contributed by atoms with Crippen LogP contribution < -0.4 is 4.70 Å². The molecule has 2 heteroatoms. The first-order chi connectivity index (χ1) is 2.00. The zero-order valence-corrected chi connectivity index (χ0v) is 5.52. The molecule has 0 aliphatic heterocycles. The molecule has 0 rings (SSSR count). The molecule has 0 aromatic heterocycles. The van der Waals surface area contributed by atoms with Crippen LogP contribution in [0.2, 0.25) is 0 Å². The Balaban J connectivity index is -0.00000000500. The van der Waals surface area contributed by atoms with E-state index in [0.717, 1.165) is 0 Å². The number of hydrogen-bond acceptors (Lipinski definition) is 0. The molecule has 0 nitrogen and oxygen atoms in total. The van der Waals surface area contributed by atoms with Crippen molar-refractivity contribution in [2.75, 3.05) is 0 Å². The maximum absolute atomic E-state index is 3.25. The fourth-order valence-electron chi connectivity index (χ4n) is 0. The SMILES string of the molecule is [Al+3].[CH2-]C.[CH2-]C.[F-].